The summed E-state index contributed by atoms with van der Waals surface area (Å²) in [6, 6.07) is 30.1. The molecule has 0 spiro atoms. The van der Waals surface area contributed by atoms with Crippen LogP contribution in [0.1, 0.15) is 38.8 Å². The topological polar surface area (TPSA) is 88.2 Å². The lowest BCUT2D eigenvalue weighted by molar-refractivity contribution is 0.565. The van der Waals surface area contributed by atoms with Crippen molar-refractivity contribution < 1.29 is 8.78 Å². The fourth-order valence-electron chi connectivity index (χ4n) is 3.39. The van der Waals surface area contributed by atoms with E-state index in [0.717, 1.165) is 20.3 Å². The van der Waals surface area contributed by atoms with Gasteiger partial charge in [0.2, 0.25) is 0 Å². The monoisotopic (exact) mass is 740 g/mol. The first-order chi connectivity index (χ1) is 20.5. The van der Waals surface area contributed by atoms with Crippen LogP contribution >= 0.6 is 31.9 Å². The lowest BCUT2D eigenvalue weighted by Gasteiger charge is -2.25. The fourth-order valence-corrected chi connectivity index (χ4v) is 3.92. The zero-order valence-corrected chi connectivity index (χ0v) is 30.7. The summed E-state index contributed by atoms with van der Waals surface area (Å²) in [5, 5.41) is 8.76. The first-order valence-corrected chi connectivity index (χ1v) is 19.1. The predicted molar refractivity (Wildman–Crippen MR) is 192 cm³/mol. The predicted octanol–water partition coefficient (Wildman–Crippen LogP) is 10.6. The number of amidine groups is 1. The summed E-state index contributed by atoms with van der Waals surface area (Å²) in [6.45, 7) is 7.13. The lowest BCUT2D eigenvalue weighted by Crippen LogP contribution is -2.36. The van der Waals surface area contributed by atoms with Crippen LogP contribution in [-0.4, -0.2) is 20.0 Å². The fraction of sp³-hybridized carbons (Fsp3) is 0.257. The second-order valence-electron chi connectivity index (χ2n) is 11.6. The maximum atomic E-state index is 13.9. The van der Waals surface area contributed by atoms with Gasteiger partial charge in [-0.1, -0.05) is 68.3 Å². The normalized spacial score (nSPS) is 10.9. The van der Waals surface area contributed by atoms with Crippen LogP contribution in [0.2, 0.25) is 17.4 Å². The van der Waals surface area contributed by atoms with Gasteiger partial charge in [-0.3, -0.25) is 0 Å². The van der Waals surface area contributed by atoms with Gasteiger partial charge in [0.25, 0.3) is 14.1 Å². The Balaban J connectivity index is 0.000000340. The molecule has 4 aromatic carbocycles. The minimum absolute atomic E-state index is 0.139. The van der Waals surface area contributed by atoms with Crippen molar-refractivity contribution in [2.75, 3.05) is 5.73 Å². The first kappa shape index (κ1) is 39.0. The molecule has 4 aromatic rings. The van der Waals surface area contributed by atoms with Gasteiger partial charge in [0.15, 0.2) is 0 Å². The van der Waals surface area contributed by atoms with Crippen LogP contribution in [0.25, 0.3) is 0 Å². The standard InChI is InChI=1S/C16H16BrFN2.C10H10FN.C6H6BrN.3CH3.Al/c1-16(2,13-5-3-4-6-14(13)18)15(19)20-12-9-7-11(17)8-10-12;1-10(2,7-12)8-5-3-4-6-9(8)11;7-5-1-3-6(8)4-2-5;;;;/h3-10H,1-2H3,(H2,19,20);3-6H,1-2H3;1-4H,8H2;3*1H3;. The Kier molecular flexibility index (Phi) is 16.6. The average Bonchev–Trinajstić information content (AvgIpc) is 2.96. The van der Waals surface area contributed by atoms with Crippen LogP contribution < -0.4 is 11.5 Å². The molecule has 9 heteroatoms. The Hall–Kier alpha value is -3.01. The number of hydrogen-bond acceptors (Lipinski definition) is 3. The summed E-state index contributed by atoms with van der Waals surface area (Å²) in [5.74, 6) is 6.71. The van der Waals surface area contributed by atoms with Crippen LogP contribution in [0.3, 0.4) is 0 Å². The summed E-state index contributed by atoms with van der Waals surface area (Å²) >= 11 is 6.52. The maximum Gasteiger partial charge on any atom is 0.251 e. The van der Waals surface area contributed by atoms with E-state index in [1.807, 2.05) is 62.4 Å². The van der Waals surface area contributed by atoms with Crippen LogP contribution in [0.4, 0.5) is 20.2 Å². The van der Waals surface area contributed by atoms with Crippen molar-refractivity contribution in [2.24, 2.45) is 10.7 Å². The molecule has 0 saturated carbocycles. The number of halogens is 4. The third kappa shape index (κ3) is 13.7. The smallest absolute Gasteiger partial charge is 0.251 e. The Morgan fingerprint density at radius 1 is 0.727 bits per heavy atom. The van der Waals surface area contributed by atoms with Gasteiger partial charge in [-0.15, -0.1) is 17.4 Å². The van der Waals surface area contributed by atoms with Crippen LogP contribution in [0.5, 0.6) is 0 Å². The van der Waals surface area contributed by atoms with E-state index < -0.39 is 10.8 Å². The molecule has 0 radical (unpaired) electrons. The number of benzene rings is 4. The van der Waals surface area contributed by atoms with E-state index in [2.05, 4.69) is 60.3 Å². The highest BCUT2D eigenvalue weighted by Gasteiger charge is 2.28. The molecule has 232 valence electrons. The molecule has 0 atom stereocenters. The molecule has 0 amide bonds. The third-order valence-corrected chi connectivity index (χ3v) is 7.02. The molecule has 0 bridgehead atoms. The van der Waals surface area contributed by atoms with Gasteiger partial charge in [0.1, 0.15) is 17.5 Å². The van der Waals surface area contributed by atoms with Crippen molar-refractivity contribution in [3.8, 4) is 6.07 Å². The van der Waals surface area contributed by atoms with Gasteiger partial charge < -0.3 is 11.5 Å². The Bertz CT molecular complexity index is 1490. The van der Waals surface area contributed by atoms with Gasteiger partial charge >= 0.3 is 0 Å². The number of anilines is 1. The number of nitrogens with two attached hydrogens (primary N) is 2. The number of nitriles is 1. The summed E-state index contributed by atoms with van der Waals surface area (Å²) in [4.78, 5) is 4.40. The number of nitrogen functional groups attached to an aromatic ring is 1. The van der Waals surface area contributed by atoms with E-state index in [1.165, 1.54) is 12.1 Å². The molecule has 0 saturated heterocycles. The Morgan fingerprint density at radius 3 is 1.50 bits per heavy atom. The lowest BCUT2D eigenvalue weighted by atomic mass is 9.83. The molecule has 44 heavy (non-hydrogen) atoms. The summed E-state index contributed by atoms with van der Waals surface area (Å²) in [7, 11) is 0. The van der Waals surface area contributed by atoms with Gasteiger partial charge in [-0.2, -0.15) is 5.26 Å². The molecule has 0 unspecified atom stereocenters. The minimum atomic E-state index is -0.745. The Labute approximate surface area is 282 Å². The SMILES string of the molecule is CC(C)(C#N)c1ccccc1F.CC(C)(C(N)=Nc1ccc(Br)cc1)c1ccccc1F.Nc1ccc(Br)cc1.[CH3][Al]([CH3])[CH3]. The second-order valence-corrected chi connectivity index (χ2v) is 16.9. The molecule has 0 aliphatic heterocycles. The van der Waals surface area contributed by atoms with Crippen molar-refractivity contribution in [3.05, 3.63) is 129 Å². The number of rotatable bonds is 4. The molecule has 0 fully saturated rings. The van der Waals surface area contributed by atoms with Gasteiger partial charge in [-0.25, -0.2) is 13.8 Å². The minimum Gasteiger partial charge on any atom is -0.399 e. The van der Waals surface area contributed by atoms with Crippen LogP contribution in [-0.2, 0) is 10.8 Å². The second kappa shape index (κ2) is 18.7. The average molecular weight is 743 g/mol. The zero-order chi connectivity index (χ0) is 33.5. The summed E-state index contributed by atoms with van der Waals surface area (Å²) in [6.07, 6.45) is 0. The summed E-state index contributed by atoms with van der Waals surface area (Å²) < 4.78 is 29.1. The first-order valence-electron chi connectivity index (χ1n) is 14.0. The maximum absolute atomic E-state index is 13.9. The van der Waals surface area contributed by atoms with Gasteiger partial charge in [-0.05, 0) is 88.4 Å². The highest BCUT2D eigenvalue weighted by molar-refractivity contribution is 9.10. The third-order valence-electron chi connectivity index (χ3n) is 5.96. The molecular formula is C35H41AlBr2F2N4. The molecular weight excluding hydrogens is 701 g/mol. The van der Waals surface area contributed by atoms with E-state index in [4.69, 9.17) is 16.7 Å². The van der Waals surface area contributed by atoms with Crippen molar-refractivity contribution >= 4 is 63.2 Å². The van der Waals surface area contributed by atoms with Gasteiger partial charge in [0, 0.05) is 31.2 Å². The highest BCUT2D eigenvalue weighted by Crippen LogP contribution is 2.28. The highest BCUT2D eigenvalue weighted by atomic mass is 79.9. The molecule has 0 aliphatic carbocycles. The van der Waals surface area contributed by atoms with E-state index >= 15 is 0 Å². The molecule has 0 aromatic heterocycles. The van der Waals surface area contributed by atoms with Crippen molar-refractivity contribution in [1.29, 1.82) is 5.26 Å². The van der Waals surface area contributed by atoms with E-state index in [9.17, 15) is 8.78 Å². The summed E-state index contributed by atoms with van der Waals surface area (Å²) in [5.41, 5.74) is 12.6. The Morgan fingerprint density at radius 2 is 1.11 bits per heavy atom. The largest absolute Gasteiger partial charge is 0.399 e. The van der Waals surface area contributed by atoms with Gasteiger partial charge in [0.05, 0.1) is 17.2 Å². The van der Waals surface area contributed by atoms with E-state index in [-0.39, 0.29) is 25.8 Å². The quantitative estimate of drug-likeness (QED) is 0.0945. The molecule has 0 aliphatic rings. The molecule has 0 heterocycles. The number of nitrogens with zero attached hydrogens (tertiary/aromatic N) is 2. The van der Waals surface area contributed by atoms with Crippen LogP contribution in [0, 0.1) is 23.0 Å². The van der Waals surface area contributed by atoms with Crippen molar-refractivity contribution in [1.82, 2.24) is 0 Å². The van der Waals surface area contributed by atoms with E-state index in [0.29, 0.717) is 17.0 Å². The van der Waals surface area contributed by atoms with Crippen molar-refractivity contribution in [3.63, 3.8) is 0 Å². The van der Waals surface area contributed by atoms with Crippen LogP contribution in [0.15, 0.2) is 111 Å². The zero-order valence-electron chi connectivity index (χ0n) is 26.4. The number of aliphatic imine (C=N–C) groups is 1. The molecule has 4 rings (SSSR count). The van der Waals surface area contributed by atoms with E-state index in [1.54, 1.807) is 50.2 Å². The van der Waals surface area contributed by atoms with Crippen molar-refractivity contribution in [2.45, 2.75) is 55.9 Å². The molecule has 4 N–H and O–H groups in total. The number of hydrogen-bond donors (Lipinski definition) is 2. The molecule has 4 nitrogen and oxygen atoms in total.